The Balaban J connectivity index is 1.49. The predicted molar refractivity (Wildman–Crippen MR) is 122 cm³/mol. The van der Waals surface area contributed by atoms with Gasteiger partial charge >= 0.3 is 0 Å². The van der Waals surface area contributed by atoms with Crippen LogP contribution in [0.4, 0.5) is 0 Å². The quantitative estimate of drug-likeness (QED) is 0.514. The van der Waals surface area contributed by atoms with Crippen LogP contribution in [0, 0.1) is 11.3 Å². The van der Waals surface area contributed by atoms with Crippen LogP contribution in [0.25, 0.3) is 11.1 Å². The lowest BCUT2D eigenvalue weighted by molar-refractivity contribution is -0.123. The molecule has 0 radical (unpaired) electrons. The Morgan fingerprint density at radius 1 is 0.879 bits per heavy atom. The highest BCUT2D eigenvalue weighted by molar-refractivity contribution is 5.96. The highest BCUT2D eigenvalue weighted by Crippen LogP contribution is 2.28. The van der Waals surface area contributed by atoms with Gasteiger partial charge in [-0.3, -0.25) is 20.4 Å². The van der Waals surface area contributed by atoms with Crippen molar-refractivity contribution in [2.24, 2.45) is 0 Å². The fraction of sp³-hybridized carbons (Fsp3) is 0.160. The predicted octanol–water partition coefficient (Wildman–Crippen LogP) is 3.47. The van der Waals surface area contributed by atoms with Crippen molar-refractivity contribution in [1.82, 2.24) is 10.9 Å². The summed E-state index contributed by atoms with van der Waals surface area (Å²) < 4.78 is 16.1. The Morgan fingerprint density at radius 3 is 2.15 bits per heavy atom. The number of ether oxygens (including phenoxy) is 3. The second-order valence-electron chi connectivity index (χ2n) is 6.80. The Bertz CT molecular complexity index is 1150. The zero-order valence-corrected chi connectivity index (χ0v) is 18.3. The van der Waals surface area contributed by atoms with E-state index in [2.05, 4.69) is 16.9 Å². The second-order valence-corrected chi connectivity index (χ2v) is 6.80. The average molecular weight is 445 g/mol. The minimum atomic E-state index is -0.516. The Labute approximate surface area is 191 Å². The Morgan fingerprint density at radius 2 is 1.55 bits per heavy atom. The summed E-state index contributed by atoms with van der Waals surface area (Å²) >= 11 is 0. The molecule has 0 fully saturated rings. The SMILES string of the molecule is CCOc1ccc(C(=O)NNC(=O)COc2ccc(-c3ccc(C#N)cc3)cc2)cc1OC. The van der Waals surface area contributed by atoms with Gasteiger partial charge in [-0.2, -0.15) is 5.26 Å². The third-order valence-electron chi connectivity index (χ3n) is 4.61. The summed E-state index contributed by atoms with van der Waals surface area (Å²) in [4.78, 5) is 24.3. The second kappa shape index (κ2) is 11.2. The van der Waals surface area contributed by atoms with E-state index in [4.69, 9.17) is 19.5 Å². The summed E-state index contributed by atoms with van der Waals surface area (Å²) in [5.41, 5.74) is 7.47. The highest BCUT2D eigenvalue weighted by atomic mass is 16.5. The molecule has 0 atom stereocenters. The first kappa shape index (κ1) is 23.2. The molecule has 2 amide bonds. The van der Waals surface area contributed by atoms with Crippen LogP contribution in [0.3, 0.4) is 0 Å². The number of nitrogens with one attached hydrogen (secondary N) is 2. The molecule has 8 heteroatoms. The van der Waals surface area contributed by atoms with Crippen molar-refractivity contribution in [2.75, 3.05) is 20.3 Å². The number of methoxy groups -OCH3 is 1. The molecular weight excluding hydrogens is 422 g/mol. The molecule has 0 spiro atoms. The molecule has 168 valence electrons. The van der Waals surface area contributed by atoms with E-state index < -0.39 is 11.8 Å². The van der Waals surface area contributed by atoms with Crippen molar-refractivity contribution >= 4 is 11.8 Å². The molecule has 3 rings (SSSR count). The number of nitriles is 1. The first-order valence-corrected chi connectivity index (χ1v) is 10.2. The first-order valence-electron chi connectivity index (χ1n) is 10.2. The standard InChI is InChI=1S/C25H23N3O5/c1-3-32-22-13-10-20(14-23(22)31-2)25(30)28-27-24(29)16-33-21-11-8-19(9-12-21)18-6-4-17(15-26)5-7-18/h4-14H,3,16H2,1-2H3,(H,27,29)(H,28,30). The van der Waals surface area contributed by atoms with Gasteiger partial charge in [0, 0.05) is 5.56 Å². The molecule has 3 aromatic rings. The number of carbonyl (C=O) groups is 2. The van der Waals surface area contributed by atoms with Gasteiger partial charge in [-0.15, -0.1) is 0 Å². The van der Waals surface area contributed by atoms with Gasteiger partial charge in [0.2, 0.25) is 0 Å². The van der Waals surface area contributed by atoms with E-state index in [-0.39, 0.29) is 6.61 Å². The zero-order valence-electron chi connectivity index (χ0n) is 18.3. The fourth-order valence-corrected chi connectivity index (χ4v) is 2.95. The molecule has 0 bridgehead atoms. The number of amides is 2. The lowest BCUT2D eigenvalue weighted by atomic mass is 10.0. The van der Waals surface area contributed by atoms with E-state index in [9.17, 15) is 9.59 Å². The van der Waals surface area contributed by atoms with Gasteiger partial charge in [-0.25, -0.2) is 0 Å². The summed E-state index contributed by atoms with van der Waals surface area (Å²) in [5, 5.41) is 8.88. The minimum absolute atomic E-state index is 0.275. The average Bonchev–Trinajstić information content (AvgIpc) is 2.86. The van der Waals surface area contributed by atoms with Crippen LogP contribution >= 0.6 is 0 Å². The molecule has 0 aromatic heterocycles. The number of hydrogen-bond acceptors (Lipinski definition) is 6. The van der Waals surface area contributed by atoms with Crippen molar-refractivity contribution in [3.8, 4) is 34.4 Å². The summed E-state index contributed by atoms with van der Waals surface area (Å²) in [6, 6.07) is 21.2. The monoisotopic (exact) mass is 445 g/mol. The number of benzene rings is 3. The molecule has 0 aliphatic heterocycles. The molecule has 8 nitrogen and oxygen atoms in total. The smallest absolute Gasteiger partial charge is 0.276 e. The maximum absolute atomic E-state index is 12.3. The van der Waals surface area contributed by atoms with E-state index in [1.807, 2.05) is 31.2 Å². The summed E-state index contributed by atoms with van der Waals surface area (Å²) in [7, 11) is 1.48. The van der Waals surface area contributed by atoms with Gasteiger partial charge in [0.05, 0.1) is 25.3 Å². The molecule has 3 aromatic carbocycles. The normalized spacial score (nSPS) is 9.97. The van der Waals surface area contributed by atoms with Crippen LogP contribution in [0.15, 0.2) is 66.7 Å². The lowest BCUT2D eigenvalue weighted by Gasteiger charge is -2.12. The fourth-order valence-electron chi connectivity index (χ4n) is 2.95. The largest absolute Gasteiger partial charge is 0.493 e. The molecule has 33 heavy (non-hydrogen) atoms. The van der Waals surface area contributed by atoms with Crippen LogP contribution in [-0.2, 0) is 4.79 Å². The topological polar surface area (TPSA) is 110 Å². The van der Waals surface area contributed by atoms with Crippen molar-refractivity contribution in [1.29, 1.82) is 5.26 Å². The van der Waals surface area contributed by atoms with Crippen molar-refractivity contribution in [3.63, 3.8) is 0 Å². The molecule has 2 N–H and O–H groups in total. The highest BCUT2D eigenvalue weighted by Gasteiger charge is 2.12. The third-order valence-corrected chi connectivity index (χ3v) is 4.61. The van der Waals surface area contributed by atoms with E-state index >= 15 is 0 Å². The van der Waals surface area contributed by atoms with Gasteiger partial charge in [-0.05, 0) is 60.5 Å². The van der Waals surface area contributed by atoms with Crippen LogP contribution in [0.1, 0.15) is 22.8 Å². The summed E-state index contributed by atoms with van der Waals surface area (Å²) in [6.07, 6.45) is 0. The van der Waals surface area contributed by atoms with E-state index in [0.717, 1.165) is 11.1 Å². The number of nitrogens with zero attached hydrogens (tertiary/aromatic N) is 1. The van der Waals surface area contributed by atoms with E-state index in [0.29, 0.717) is 35.0 Å². The van der Waals surface area contributed by atoms with Gasteiger partial charge in [0.25, 0.3) is 11.8 Å². The molecule has 0 aliphatic carbocycles. The maximum atomic E-state index is 12.3. The summed E-state index contributed by atoms with van der Waals surface area (Å²) in [6.45, 7) is 2.04. The number of rotatable bonds is 8. The molecule has 0 saturated carbocycles. The molecule has 0 heterocycles. The van der Waals surface area contributed by atoms with Gasteiger partial charge in [0.15, 0.2) is 18.1 Å². The van der Waals surface area contributed by atoms with E-state index in [1.165, 1.54) is 13.2 Å². The third kappa shape index (κ3) is 6.24. The van der Waals surface area contributed by atoms with Crippen LogP contribution in [-0.4, -0.2) is 32.1 Å². The van der Waals surface area contributed by atoms with Gasteiger partial charge < -0.3 is 14.2 Å². The van der Waals surface area contributed by atoms with Crippen LogP contribution in [0.2, 0.25) is 0 Å². The molecule has 0 aliphatic rings. The van der Waals surface area contributed by atoms with Crippen molar-refractivity contribution < 1.29 is 23.8 Å². The molecular formula is C25H23N3O5. The Hall–Kier alpha value is -4.51. The first-order chi connectivity index (χ1) is 16.0. The van der Waals surface area contributed by atoms with Gasteiger partial charge in [0.1, 0.15) is 5.75 Å². The Kier molecular flexibility index (Phi) is 7.86. The number of carbonyl (C=O) groups excluding carboxylic acids is 2. The molecule has 0 saturated heterocycles. The van der Waals surface area contributed by atoms with E-state index in [1.54, 1.807) is 36.4 Å². The zero-order chi connectivity index (χ0) is 23.6. The minimum Gasteiger partial charge on any atom is -0.493 e. The van der Waals surface area contributed by atoms with Crippen LogP contribution in [0.5, 0.6) is 17.2 Å². The number of hydrogen-bond donors (Lipinski definition) is 2. The number of hydrazine groups is 1. The van der Waals surface area contributed by atoms with Crippen LogP contribution < -0.4 is 25.1 Å². The van der Waals surface area contributed by atoms with Crippen molar-refractivity contribution in [3.05, 3.63) is 77.9 Å². The maximum Gasteiger partial charge on any atom is 0.276 e. The van der Waals surface area contributed by atoms with Gasteiger partial charge in [-0.1, -0.05) is 24.3 Å². The molecule has 0 unspecified atom stereocenters. The van der Waals surface area contributed by atoms with Crippen molar-refractivity contribution in [2.45, 2.75) is 6.92 Å². The lowest BCUT2D eigenvalue weighted by Crippen LogP contribution is -2.43. The summed E-state index contributed by atoms with van der Waals surface area (Å²) in [5.74, 6) is 0.432.